The number of hydrogen-bond acceptors (Lipinski definition) is 3. The Morgan fingerprint density at radius 3 is 2.78 bits per heavy atom. The van der Waals surface area contributed by atoms with Gasteiger partial charge in [-0.1, -0.05) is 25.1 Å². The van der Waals surface area contributed by atoms with E-state index in [0.717, 1.165) is 12.8 Å². The van der Waals surface area contributed by atoms with Gasteiger partial charge in [0.1, 0.15) is 11.9 Å². The summed E-state index contributed by atoms with van der Waals surface area (Å²) in [6, 6.07) is 5.05. The molecule has 2 N–H and O–H groups in total. The molecule has 1 fully saturated rings. The number of hydrogen-bond donors (Lipinski definition) is 2. The van der Waals surface area contributed by atoms with Gasteiger partial charge in [-0.25, -0.2) is 4.39 Å². The van der Waals surface area contributed by atoms with E-state index in [4.69, 9.17) is 0 Å². The summed E-state index contributed by atoms with van der Waals surface area (Å²) in [6.07, 6.45) is 2.34. The molecule has 2 atom stereocenters. The lowest BCUT2D eigenvalue weighted by atomic mass is 10.0. The largest absolute Gasteiger partial charge is 0.358 e. The second-order valence-corrected chi connectivity index (χ2v) is 5.73. The zero-order valence-corrected chi connectivity index (χ0v) is 13.6. The Morgan fingerprint density at radius 1 is 1.39 bits per heavy atom. The van der Waals surface area contributed by atoms with E-state index in [-0.39, 0.29) is 11.8 Å². The molecule has 1 aromatic carbocycles. The molecule has 6 heteroatoms. The maximum Gasteiger partial charge on any atom is 0.241 e. The number of carbonyl (C=O) groups is 2. The molecular weight excluding hydrogens is 297 g/mol. The van der Waals surface area contributed by atoms with Crippen LogP contribution in [0.3, 0.4) is 0 Å². The van der Waals surface area contributed by atoms with Gasteiger partial charge in [0, 0.05) is 25.7 Å². The zero-order valence-electron chi connectivity index (χ0n) is 13.6. The summed E-state index contributed by atoms with van der Waals surface area (Å²) in [5.74, 6) is -0.819. The molecule has 1 aliphatic rings. The van der Waals surface area contributed by atoms with Crippen LogP contribution in [0.1, 0.15) is 37.8 Å². The number of rotatable bonds is 6. The van der Waals surface area contributed by atoms with E-state index >= 15 is 0 Å². The number of likely N-dealkylation sites (tertiary alicyclic amines) is 1. The van der Waals surface area contributed by atoms with Crippen molar-refractivity contribution in [1.82, 2.24) is 15.5 Å². The van der Waals surface area contributed by atoms with Gasteiger partial charge in [-0.2, -0.15) is 0 Å². The van der Waals surface area contributed by atoms with E-state index in [1.165, 1.54) is 13.1 Å². The molecule has 5 nitrogen and oxygen atoms in total. The van der Waals surface area contributed by atoms with Gasteiger partial charge < -0.3 is 10.6 Å². The van der Waals surface area contributed by atoms with Crippen LogP contribution in [0.2, 0.25) is 0 Å². The van der Waals surface area contributed by atoms with Gasteiger partial charge in [0.2, 0.25) is 11.8 Å². The predicted octanol–water partition coefficient (Wildman–Crippen LogP) is 1.60. The Labute approximate surface area is 136 Å². The second-order valence-electron chi connectivity index (χ2n) is 5.73. The molecule has 2 amide bonds. The highest BCUT2D eigenvalue weighted by Gasteiger charge is 2.39. The molecule has 0 aromatic heterocycles. The molecule has 0 spiro atoms. The van der Waals surface area contributed by atoms with Gasteiger partial charge in [0.25, 0.3) is 0 Å². The number of carbonyl (C=O) groups excluding carboxylic acids is 2. The Hall–Kier alpha value is -1.95. The molecule has 2 rings (SSSR count). The SMILES string of the molecule is CCCNC(=O)[C@@H]1CCCN1[C@@H](C(=O)NC)c1ccccc1F. The Bertz CT molecular complexity index is 565. The summed E-state index contributed by atoms with van der Waals surface area (Å²) in [5, 5.41) is 5.47. The summed E-state index contributed by atoms with van der Waals surface area (Å²) in [7, 11) is 1.53. The number of benzene rings is 1. The third-order valence-corrected chi connectivity index (χ3v) is 4.17. The minimum Gasteiger partial charge on any atom is -0.358 e. The third-order valence-electron chi connectivity index (χ3n) is 4.17. The topological polar surface area (TPSA) is 61.4 Å². The summed E-state index contributed by atoms with van der Waals surface area (Å²) in [6.45, 7) is 3.18. The van der Waals surface area contributed by atoms with Crippen LogP contribution in [0.4, 0.5) is 4.39 Å². The van der Waals surface area contributed by atoms with E-state index in [1.54, 1.807) is 18.2 Å². The van der Waals surface area contributed by atoms with Crippen LogP contribution in [0.15, 0.2) is 24.3 Å². The first-order valence-electron chi connectivity index (χ1n) is 8.09. The molecule has 0 bridgehead atoms. The minimum absolute atomic E-state index is 0.0883. The van der Waals surface area contributed by atoms with Crippen LogP contribution in [0.5, 0.6) is 0 Å². The van der Waals surface area contributed by atoms with Crippen LogP contribution in [0, 0.1) is 5.82 Å². The van der Waals surface area contributed by atoms with Crippen molar-refractivity contribution in [3.63, 3.8) is 0 Å². The van der Waals surface area contributed by atoms with Gasteiger partial charge in [-0.15, -0.1) is 0 Å². The van der Waals surface area contributed by atoms with E-state index in [1.807, 2.05) is 11.8 Å². The van der Waals surface area contributed by atoms with Crippen molar-refractivity contribution in [2.45, 2.75) is 38.3 Å². The molecule has 1 aromatic rings. The molecule has 0 unspecified atom stereocenters. The predicted molar refractivity (Wildman–Crippen MR) is 86.2 cm³/mol. The van der Waals surface area contributed by atoms with Crippen molar-refractivity contribution in [1.29, 1.82) is 0 Å². The molecule has 126 valence electrons. The van der Waals surface area contributed by atoms with Crippen LogP contribution < -0.4 is 10.6 Å². The van der Waals surface area contributed by atoms with Crippen LogP contribution in [0.25, 0.3) is 0 Å². The average molecular weight is 321 g/mol. The monoisotopic (exact) mass is 321 g/mol. The molecule has 1 aliphatic heterocycles. The lowest BCUT2D eigenvalue weighted by Crippen LogP contribution is -2.48. The standard InChI is InChI=1S/C17H24FN3O2/c1-3-10-20-16(22)14-9-6-11-21(14)15(17(23)19-2)12-7-4-5-8-13(12)18/h4-5,7-8,14-15H,3,6,9-11H2,1-2H3,(H,19,23)(H,20,22)/t14-,15+/m0/s1. The quantitative estimate of drug-likeness (QED) is 0.837. The normalized spacial score (nSPS) is 19.3. The molecule has 0 radical (unpaired) electrons. The van der Waals surface area contributed by atoms with Crippen LogP contribution in [-0.4, -0.2) is 42.9 Å². The molecule has 0 saturated carbocycles. The first-order valence-corrected chi connectivity index (χ1v) is 8.09. The average Bonchev–Trinajstić information content (AvgIpc) is 3.03. The van der Waals surface area contributed by atoms with Gasteiger partial charge in [0.05, 0.1) is 6.04 Å². The van der Waals surface area contributed by atoms with E-state index in [2.05, 4.69) is 10.6 Å². The summed E-state index contributed by atoms with van der Waals surface area (Å²) in [4.78, 5) is 26.6. The lowest BCUT2D eigenvalue weighted by Gasteiger charge is -2.31. The van der Waals surface area contributed by atoms with Crippen molar-refractivity contribution in [3.8, 4) is 0 Å². The molecule has 0 aliphatic carbocycles. The van der Waals surface area contributed by atoms with Gasteiger partial charge >= 0.3 is 0 Å². The molecule has 1 saturated heterocycles. The van der Waals surface area contributed by atoms with E-state index in [0.29, 0.717) is 25.1 Å². The van der Waals surface area contributed by atoms with Crippen LogP contribution >= 0.6 is 0 Å². The van der Waals surface area contributed by atoms with Gasteiger partial charge in [-0.3, -0.25) is 14.5 Å². The number of likely N-dealkylation sites (N-methyl/N-ethyl adjacent to an activating group) is 1. The number of halogens is 1. The molecular formula is C17H24FN3O2. The first kappa shape index (κ1) is 17.4. The minimum atomic E-state index is -0.791. The fourth-order valence-electron chi connectivity index (χ4n) is 3.05. The first-order chi connectivity index (χ1) is 11.1. The number of amides is 2. The van der Waals surface area contributed by atoms with Crippen molar-refractivity contribution < 1.29 is 14.0 Å². The maximum absolute atomic E-state index is 14.2. The fraction of sp³-hybridized carbons (Fsp3) is 0.529. The Kier molecular flexibility index (Phi) is 6.10. The third kappa shape index (κ3) is 3.88. The molecule has 1 heterocycles. The highest BCUT2D eigenvalue weighted by Crippen LogP contribution is 2.31. The van der Waals surface area contributed by atoms with Gasteiger partial charge in [0.15, 0.2) is 0 Å². The Balaban J connectivity index is 2.30. The van der Waals surface area contributed by atoms with E-state index in [9.17, 15) is 14.0 Å². The fourth-order valence-corrected chi connectivity index (χ4v) is 3.05. The smallest absolute Gasteiger partial charge is 0.241 e. The number of nitrogens with one attached hydrogen (secondary N) is 2. The van der Waals surface area contributed by atoms with Crippen molar-refractivity contribution in [3.05, 3.63) is 35.6 Å². The maximum atomic E-state index is 14.2. The van der Waals surface area contributed by atoms with Crippen LogP contribution in [-0.2, 0) is 9.59 Å². The Morgan fingerprint density at radius 2 is 2.13 bits per heavy atom. The highest BCUT2D eigenvalue weighted by atomic mass is 19.1. The summed E-state index contributed by atoms with van der Waals surface area (Å²) >= 11 is 0. The van der Waals surface area contributed by atoms with Gasteiger partial charge in [-0.05, 0) is 25.3 Å². The molecule has 23 heavy (non-hydrogen) atoms. The zero-order chi connectivity index (χ0) is 16.8. The highest BCUT2D eigenvalue weighted by molar-refractivity contribution is 5.86. The lowest BCUT2D eigenvalue weighted by molar-refractivity contribution is -0.131. The summed E-state index contributed by atoms with van der Waals surface area (Å²) in [5.41, 5.74) is 0.307. The van der Waals surface area contributed by atoms with Crippen molar-refractivity contribution in [2.24, 2.45) is 0 Å². The second kappa shape index (κ2) is 8.06. The van der Waals surface area contributed by atoms with E-state index < -0.39 is 17.9 Å². The number of nitrogens with zero attached hydrogens (tertiary/aromatic N) is 1. The van der Waals surface area contributed by atoms with Crippen molar-refractivity contribution in [2.75, 3.05) is 20.1 Å². The van der Waals surface area contributed by atoms with Crippen molar-refractivity contribution >= 4 is 11.8 Å². The summed E-state index contributed by atoms with van der Waals surface area (Å²) < 4.78 is 14.2.